The van der Waals surface area contributed by atoms with Crippen molar-refractivity contribution in [1.82, 2.24) is 0 Å². The minimum atomic E-state index is -0.610. The summed E-state index contributed by atoms with van der Waals surface area (Å²) in [5, 5.41) is 19.6. The van der Waals surface area contributed by atoms with Crippen molar-refractivity contribution in [3.63, 3.8) is 0 Å². The van der Waals surface area contributed by atoms with E-state index in [2.05, 4.69) is 11.9 Å². The molecule has 2 aliphatic carbocycles. The van der Waals surface area contributed by atoms with E-state index in [1.54, 1.807) is 0 Å². The van der Waals surface area contributed by atoms with Crippen LogP contribution in [0.5, 0.6) is 0 Å². The van der Waals surface area contributed by atoms with Gasteiger partial charge in [0.1, 0.15) is 0 Å². The summed E-state index contributed by atoms with van der Waals surface area (Å²) in [5.74, 6) is 0.778. The molecule has 4 unspecified atom stereocenters. The Morgan fingerprint density at radius 3 is 2.44 bits per heavy atom. The second-order valence-electron chi connectivity index (χ2n) is 6.09. The molecule has 0 aliphatic heterocycles. The number of nitrogens with zero attached hydrogens (tertiary/aromatic N) is 1. The third kappa shape index (κ3) is 3.55. The second-order valence-corrected chi connectivity index (χ2v) is 6.09. The molecule has 0 heterocycles. The van der Waals surface area contributed by atoms with Gasteiger partial charge in [-0.3, -0.25) is 4.99 Å². The van der Waals surface area contributed by atoms with Crippen LogP contribution in [0.4, 0.5) is 0 Å². The van der Waals surface area contributed by atoms with Crippen molar-refractivity contribution < 1.29 is 10.2 Å². The number of aliphatic imine (C=N–C) groups is 1. The van der Waals surface area contributed by atoms with Gasteiger partial charge in [-0.1, -0.05) is 25.7 Å². The van der Waals surface area contributed by atoms with Crippen molar-refractivity contribution in [1.29, 1.82) is 0 Å². The zero-order chi connectivity index (χ0) is 13.0. The third-order valence-electron chi connectivity index (χ3n) is 4.71. The quantitative estimate of drug-likeness (QED) is 0.759. The molecule has 0 aromatic heterocycles. The summed E-state index contributed by atoms with van der Waals surface area (Å²) in [5.41, 5.74) is 0. The normalized spacial score (nSPS) is 36.9. The number of aliphatic hydroxyl groups is 2. The fourth-order valence-electron chi connectivity index (χ4n) is 3.34. The van der Waals surface area contributed by atoms with E-state index in [4.69, 9.17) is 0 Å². The largest absolute Gasteiger partial charge is 0.390 e. The number of hydrogen-bond acceptors (Lipinski definition) is 3. The maximum Gasteiger partial charge on any atom is 0.0876 e. The van der Waals surface area contributed by atoms with Crippen molar-refractivity contribution in [3.8, 4) is 0 Å². The molecule has 3 nitrogen and oxygen atoms in total. The molecule has 2 N–H and O–H groups in total. The third-order valence-corrected chi connectivity index (χ3v) is 4.71. The van der Waals surface area contributed by atoms with Crippen LogP contribution >= 0.6 is 0 Å². The minimum absolute atomic E-state index is 0.0554. The van der Waals surface area contributed by atoms with E-state index in [-0.39, 0.29) is 5.92 Å². The zero-order valence-electron chi connectivity index (χ0n) is 11.5. The van der Waals surface area contributed by atoms with Crippen molar-refractivity contribution in [2.45, 2.75) is 76.5 Å². The predicted octanol–water partition coefficient (Wildman–Crippen LogP) is 2.55. The summed E-state index contributed by atoms with van der Waals surface area (Å²) in [7, 11) is 0. The van der Waals surface area contributed by atoms with Gasteiger partial charge in [-0.2, -0.15) is 0 Å². The lowest BCUT2D eigenvalue weighted by molar-refractivity contribution is -0.0252. The molecule has 2 aliphatic rings. The Morgan fingerprint density at radius 1 is 1.00 bits per heavy atom. The van der Waals surface area contributed by atoms with Crippen LogP contribution < -0.4 is 0 Å². The summed E-state index contributed by atoms with van der Waals surface area (Å²) >= 11 is 0. The van der Waals surface area contributed by atoms with E-state index in [9.17, 15) is 10.2 Å². The molecular weight excluding hydrogens is 226 g/mol. The molecule has 2 fully saturated rings. The molecule has 3 heteroatoms. The number of hydrogen-bond donors (Lipinski definition) is 2. The monoisotopic (exact) mass is 253 g/mol. The highest BCUT2D eigenvalue weighted by atomic mass is 16.3. The van der Waals surface area contributed by atoms with Crippen LogP contribution in [0.3, 0.4) is 0 Å². The van der Waals surface area contributed by atoms with Gasteiger partial charge in [0.2, 0.25) is 0 Å². The second kappa shape index (κ2) is 6.67. The van der Waals surface area contributed by atoms with E-state index < -0.39 is 12.2 Å². The molecule has 0 aromatic carbocycles. The molecule has 0 saturated heterocycles. The van der Waals surface area contributed by atoms with Crippen molar-refractivity contribution >= 4 is 6.21 Å². The van der Waals surface area contributed by atoms with Gasteiger partial charge in [-0.25, -0.2) is 0 Å². The Kier molecular flexibility index (Phi) is 5.19. The lowest BCUT2D eigenvalue weighted by atomic mass is 9.84. The summed E-state index contributed by atoms with van der Waals surface area (Å²) in [6.07, 6.45) is 10.1. The van der Waals surface area contributed by atoms with E-state index in [1.165, 1.54) is 32.1 Å². The maximum absolute atomic E-state index is 9.92. The molecule has 4 atom stereocenters. The highest BCUT2D eigenvalue weighted by molar-refractivity contribution is 5.62. The van der Waals surface area contributed by atoms with Crippen LogP contribution in [0.15, 0.2) is 4.99 Å². The Hall–Kier alpha value is -0.410. The zero-order valence-corrected chi connectivity index (χ0v) is 11.5. The first-order valence-corrected chi connectivity index (χ1v) is 7.58. The highest BCUT2D eigenvalue weighted by Crippen LogP contribution is 2.28. The van der Waals surface area contributed by atoms with Gasteiger partial charge in [0.05, 0.1) is 12.2 Å². The smallest absolute Gasteiger partial charge is 0.0876 e. The first kappa shape index (κ1) is 14.0. The van der Waals surface area contributed by atoms with Gasteiger partial charge >= 0.3 is 0 Å². The van der Waals surface area contributed by atoms with E-state index in [1.807, 2.05) is 6.21 Å². The maximum atomic E-state index is 9.92. The number of rotatable bonds is 3. The molecule has 2 rings (SSSR count). The molecule has 104 valence electrons. The summed E-state index contributed by atoms with van der Waals surface area (Å²) in [6, 6.07) is 0.372. The Labute approximate surface area is 110 Å². The molecule has 18 heavy (non-hydrogen) atoms. The molecule has 0 bridgehead atoms. The van der Waals surface area contributed by atoms with Crippen LogP contribution in [-0.2, 0) is 0 Å². The standard InChI is InChI=1S/C15H27NO2/c1-11(12-6-3-2-4-7-12)16-10-13-8-5-9-14(17)15(13)18/h10-15,17-18H,2-9H2,1H3. The Morgan fingerprint density at radius 2 is 1.72 bits per heavy atom. The van der Waals surface area contributed by atoms with Crippen molar-refractivity contribution in [3.05, 3.63) is 0 Å². The average molecular weight is 253 g/mol. The summed E-state index contributed by atoms with van der Waals surface area (Å²) in [4.78, 5) is 4.66. The summed E-state index contributed by atoms with van der Waals surface area (Å²) < 4.78 is 0. The lowest BCUT2D eigenvalue weighted by Gasteiger charge is -2.30. The van der Waals surface area contributed by atoms with Gasteiger partial charge in [0, 0.05) is 18.2 Å². The SMILES string of the molecule is CC(N=CC1CCCC(O)C1O)C1CCCCC1. The van der Waals surface area contributed by atoms with Gasteiger partial charge < -0.3 is 10.2 Å². The molecule has 0 amide bonds. The summed E-state index contributed by atoms with van der Waals surface area (Å²) in [6.45, 7) is 2.19. The van der Waals surface area contributed by atoms with E-state index >= 15 is 0 Å². The molecule has 0 spiro atoms. The van der Waals surface area contributed by atoms with Gasteiger partial charge in [0.15, 0.2) is 0 Å². The van der Waals surface area contributed by atoms with Gasteiger partial charge in [0.25, 0.3) is 0 Å². The van der Waals surface area contributed by atoms with E-state index in [0.29, 0.717) is 6.04 Å². The Bertz CT molecular complexity index is 274. The minimum Gasteiger partial charge on any atom is -0.390 e. The van der Waals surface area contributed by atoms with Gasteiger partial charge in [-0.15, -0.1) is 0 Å². The van der Waals surface area contributed by atoms with Gasteiger partial charge in [-0.05, 0) is 38.5 Å². The van der Waals surface area contributed by atoms with Crippen LogP contribution in [0.2, 0.25) is 0 Å². The number of aliphatic hydroxyl groups excluding tert-OH is 2. The van der Waals surface area contributed by atoms with Crippen LogP contribution in [-0.4, -0.2) is 34.7 Å². The predicted molar refractivity (Wildman–Crippen MR) is 73.9 cm³/mol. The molecule has 0 aromatic rings. The topological polar surface area (TPSA) is 52.8 Å². The fraction of sp³-hybridized carbons (Fsp3) is 0.933. The van der Waals surface area contributed by atoms with Crippen molar-refractivity contribution in [2.75, 3.05) is 0 Å². The van der Waals surface area contributed by atoms with Crippen LogP contribution in [0.25, 0.3) is 0 Å². The molecule has 0 radical (unpaired) electrons. The first-order chi connectivity index (χ1) is 8.68. The fourth-order valence-corrected chi connectivity index (χ4v) is 3.34. The molecule has 2 saturated carbocycles. The average Bonchev–Trinajstić information content (AvgIpc) is 2.41. The van der Waals surface area contributed by atoms with Crippen LogP contribution in [0.1, 0.15) is 58.3 Å². The Balaban J connectivity index is 1.85. The first-order valence-electron chi connectivity index (χ1n) is 7.58. The lowest BCUT2D eigenvalue weighted by Crippen LogP contribution is -2.38. The molecular formula is C15H27NO2. The van der Waals surface area contributed by atoms with E-state index in [0.717, 1.165) is 25.2 Å². The van der Waals surface area contributed by atoms with Crippen molar-refractivity contribution in [2.24, 2.45) is 16.8 Å². The van der Waals surface area contributed by atoms with Crippen LogP contribution in [0, 0.1) is 11.8 Å². The highest BCUT2D eigenvalue weighted by Gasteiger charge is 2.29.